The first-order valence-corrected chi connectivity index (χ1v) is 7.46. The lowest BCUT2D eigenvalue weighted by Gasteiger charge is -2.27. The van der Waals surface area contributed by atoms with Crippen LogP contribution in [0.2, 0.25) is 0 Å². The molecule has 1 aromatic heterocycles. The normalized spacial score (nSPS) is 14.1. The van der Waals surface area contributed by atoms with Crippen LogP contribution in [0.4, 0.5) is 8.78 Å². The van der Waals surface area contributed by atoms with Gasteiger partial charge in [-0.3, -0.25) is 4.79 Å². The minimum atomic E-state index is -0.820. The van der Waals surface area contributed by atoms with Gasteiger partial charge in [0.1, 0.15) is 11.6 Å². The topological polar surface area (TPSA) is 36.1 Å². The Morgan fingerprint density at radius 2 is 1.96 bits per heavy atom. The first-order valence-electron chi connectivity index (χ1n) is 7.46. The molecule has 4 rings (SSSR count). The third kappa shape index (κ3) is 2.29. The summed E-state index contributed by atoms with van der Waals surface area (Å²) in [7, 11) is 0. The molecule has 1 aliphatic rings. The highest BCUT2D eigenvalue weighted by atomic mass is 19.1. The largest absolute Gasteiger partial charge is 0.358 e. The second-order valence-electron chi connectivity index (χ2n) is 5.73. The average Bonchev–Trinajstić information content (AvgIpc) is 2.92. The summed E-state index contributed by atoms with van der Waals surface area (Å²) >= 11 is 0. The van der Waals surface area contributed by atoms with Crippen molar-refractivity contribution in [2.75, 3.05) is 6.54 Å². The number of amides is 1. The van der Waals surface area contributed by atoms with Crippen molar-refractivity contribution in [3.8, 4) is 0 Å². The summed E-state index contributed by atoms with van der Waals surface area (Å²) < 4.78 is 26.9. The number of nitrogens with zero attached hydrogens (tertiary/aromatic N) is 1. The summed E-state index contributed by atoms with van der Waals surface area (Å²) in [6, 6.07) is 11.0. The molecule has 23 heavy (non-hydrogen) atoms. The number of para-hydroxylation sites is 1. The van der Waals surface area contributed by atoms with E-state index in [2.05, 4.69) is 4.98 Å². The quantitative estimate of drug-likeness (QED) is 0.731. The van der Waals surface area contributed by atoms with E-state index in [1.807, 2.05) is 24.3 Å². The second kappa shape index (κ2) is 5.19. The highest BCUT2D eigenvalue weighted by molar-refractivity contribution is 5.95. The molecule has 0 atom stereocenters. The van der Waals surface area contributed by atoms with Gasteiger partial charge < -0.3 is 9.88 Å². The number of H-pyrrole nitrogens is 1. The number of aromatic nitrogens is 1. The SMILES string of the molecule is O=C(c1ccc(F)cc1F)N1CCc2[nH]c3ccccc3c2C1. The molecule has 0 aliphatic carbocycles. The summed E-state index contributed by atoms with van der Waals surface area (Å²) in [5.74, 6) is -1.91. The Hall–Kier alpha value is -2.69. The minimum absolute atomic E-state index is 0.0882. The molecule has 1 amide bonds. The van der Waals surface area contributed by atoms with E-state index < -0.39 is 17.5 Å². The van der Waals surface area contributed by atoms with E-state index in [9.17, 15) is 13.6 Å². The van der Waals surface area contributed by atoms with Gasteiger partial charge in [-0.05, 0) is 18.2 Å². The van der Waals surface area contributed by atoms with Gasteiger partial charge in [-0.25, -0.2) is 8.78 Å². The molecule has 0 saturated heterocycles. The van der Waals surface area contributed by atoms with Crippen LogP contribution in [0.15, 0.2) is 42.5 Å². The van der Waals surface area contributed by atoms with Gasteiger partial charge in [-0.15, -0.1) is 0 Å². The molecule has 3 nitrogen and oxygen atoms in total. The van der Waals surface area contributed by atoms with Crippen LogP contribution in [0.3, 0.4) is 0 Å². The van der Waals surface area contributed by atoms with Gasteiger partial charge >= 0.3 is 0 Å². The predicted molar refractivity (Wildman–Crippen MR) is 83.1 cm³/mol. The molecule has 3 aromatic rings. The molecule has 2 aromatic carbocycles. The van der Waals surface area contributed by atoms with Crippen LogP contribution in [0, 0.1) is 11.6 Å². The maximum Gasteiger partial charge on any atom is 0.257 e. The zero-order chi connectivity index (χ0) is 16.0. The van der Waals surface area contributed by atoms with Crippen molar-refractivity contribution >= 4 is 16.8 Å². The van der Waals surface area contributed by atoms with Crippen molar-refractivity contribution in [3.63, 3.8) is 0 Å². The van der Waals surface area contributed by atoms with Crippen LogP contribution in [-0.4, -0.2) is 22.3 Å². The molecule has 1 N–H and O–H groups in total. The van der Waals surface area contributed by atoms with E-state index in [1.165, 1.54) is 6.07 Å². The molecule has 5 heteroatoms. The highest BCUT2D eigenvalue weighted by Crippen LogP contribution is 2.28. The number of hydrogen-bond acceptors (Lipinski definition) is 1. The van der Waals surface area contributed by atoms with Crippen LogP contribution in [0.5, 0.6) is 0 Å². The van der Waals surface area contributed by atoms with Gasteiger partial charge in [0.2, 0.25) is 0 Å². The van der Waals surface area contributed by atoms with Crippen molar-refractivity contribution in [1.29, 1.82) is 0 Å². The maximum absolute atomic E-state index is 13.9. The van der Waals surface area contributed by atoms with E-state index >= 15 is 0 Å². The van der Waals surface area contributed by atoms with E-state index in [1.54, 1.807) is 4.90 Å². The van der Waals surface area contributed by atoms with Gasteiger partial charge in [0, 0.05) is 47.7 Å². The molecule has 2 heterocycles. The number of hydrogen-bond donors (Lipinski definition) is 1. The third-order valence-corrected chi connectivity index (χ3v) is 4.33. The Morgan fingerprint density at radius 3 is 2.78 bits per heavy atom. The Morgan fingerprint density at radius 1 is 1.13 bits per heavy atom. The molecule has 0 saturated carbocycles. The zero-order valence-electron chi connectivity index (χ0n) is 12.3. The van der Waals surface area contributed by atoms with Crippen LogP contribution in [0.25, 0.3) is 10.9 Å². The van der Waals surface area contributed by atoms with Crippen LogP contribution < -0.4 is 0 Å². The van der Waals surface area contributed by atoms with Crippen molar-refractivity contribution in [1.82, 2.24) is 9.88 Å². The van der Waals surface area contributed by atoms with E-state index in [0.717, 1.165) is 34.3 Å². The lowest BCUT2D eigenvalue weighted by atomic mass is 10.0. The molecule has 0 radical (unpaired) electrons. The number of halogens is 2. The fourth-order valence-electron chi connectivity index (χ4n) is 3.17. The minimum Gasteiger partial charge on any atom is -0.358 e. The van der Waals surface area contributed by atoms with Crippen molar-refractivity contribution < 1.29 is 13.6 Å². The van der Waals surface area contributed by atoms with Gasteiger partial charge in [0.15, 0.2) is 0 Å². The number of rotatable bonds is 1. The first-order chi connectivity index (χ1) is 11.1. The number of carbonyl (C=O) groups is 1. The fraction of sp³-hybridized carbons (Fsp3) is 0.167. The Bertz CT molecular complexity index is 917. The highest BCUT2D eigenvalue weighted by Gasteiger charge is 2.26. The summed E-state index contributed by atoms with van der Waals surface area (Å²) in [4.78, 5) is 17.5. The fourth-order valence-corrected chi connectivity index (χ4v) is 3.17. The summed E-state index contributed by atoms with van der Waals surface area (Å²) in [6.45, 7) is 0.935. The lowest BCUT2D eigenvalue weighted by Crippen LogP contribution is -2.36. The van der Waals surface area contributed by atoms with Gasteiger partial charge in [-0.1, -0.05) is 18.2 Å². The molecule has 0 bridgehead atoms. The maximum atomic E-state index is 13.9. The molecular weight excluding hydrogens is 298 g/mol. The number of benzene rings is 2. The average molecular weight is 312 g/mol. The Kier molecular flexibility index (Phi) is 3.15. The van der Waals surface area contributed by atoms with Crippen molar-refractivity contribution in [2.24, 2.45) is 0 Å². The molecule has 116 valence electrons. The number of aromatic amines is 1. The summed E-state index contributed by atoms with van der Waals surface area (Å²) in [5.41, 5.74) is 3.15. The monoisotopic (exact) mass is 312 g/mol. The van der Waals surface area contributed by atoms with Gasteiger partial charge in [-0.2, -0.15) is 0 Å². The van der Waals surface area contributed by atoms with Crippen molar-refractivity contribution in [3.05, 3.63) is 70.9 Å². The lowest BCUT2D eigenvalue weighted by molar-refractivity contribution is 0.0730. The standard InChI is InChI=1S/C18H14F2N2O/c19-11-5-6-13(15(20)9-11)18(23)22-8-7-17-14(10-22)12-3-1-2-4-16(12)21-17/h1-6,9,21H,7-8,10H2. The third-order valence-electron chi connectivity index (χ3n) is 4.33. The zero-order valence-corrected chi connectivity index (χ0v) is 12.3. The second-order valence-corrected chi connectivity index (χ2v) is 5.73. The first kappa shape index (κ1) is 13.9. The number of nitrogens with one attached hydrogen (secondary N) is 1. The molecule has 0 spiro atoms. The molecule has 1 aliphatic heterocycles. The summed E-state index contributed by atoms with van der Waals surface area (Å²) in [6.07, 6.45) is 0.693. The predicted octanol–water partition coefficient (Wildman–Crippen LogP) is 3.64. The van der Waals surface area contributed by atoms with E-state index in [0.29, 0.717) is 19.5 Å². The van der Waals surface area contributed by atoms with Crippen molar-refractivity contribution in [2.45, 2.75) is 13.0 Å². The smallest absolute Gasteiger partial charge is 0.257 e. The number of fused-ring (bicyclic) bond motifs is 3. The molecule has 0 unspecified atom stereocenters. The van der Waals surface area contributed by atoms with Crippen LogP contribution >= 0.6 is 0 Å². The van der Waals surface area contributed by atoms with Gasteiger partial charge in [0.05, 0.1) is 5.56 Å². The Balaban J connectivity index is 1.68. The van der Waals surface area contributed by atoms with E-state index in [-0.39, 0.29) is 5.56 Å². The van der Waals surface area contributed by atoms with E-state index in [4.69, 9.17) is 0 Å². The molecule has 0 fully saturated rings. The molecular formula is C18H14F2N2O. The summed E-state index contributed by atoms with van der Waals surface area (Å²) in [5, 5.41) is 1.08. The van der Waals surface area contributed by atoms with Gasteiger partial charge in [0.25, 0.3) is 5.91 Å². The number of carbonyl (C=O) groups excluding carboxylic acids is 1. The van der Waals surface area contributed by atoms with Crippen LogP contribution in [-0.2, 0) is 13.0 Å². The van der Waals surface area contributed by atoms with Crippen LogP contribution in [0.1, 0.15) is 21.6 Å². The Labute approximate surface area is 131 Å².